The summed E-state index contributed by atoms with van der Waals surface area (Å²) in [5, 5.41) is 2.91. The van der Waals surface area contributed by atoms with Gasteiger partial charge in [0.25, 0.3) is 0 Å². The van der Waals surface area contributed by atoms with Gasteiger partial charge in [-0.1, -0.05) is 42.5 Å². The highest BCUT2D eigenvalue weighted by molar-refractivity contribution is 9.10. The first kappa shape index (κ1) is 21.6. The highest BCUT2D eigenvalue weighted by Gasteiger charge is 2.41. The lowest BCUT2D eigenvalue weighted by molar-refractivity contribution is 0.114. The molecule has 8 heteroatoms. The van der Waals surface area contributed by atoms with Gasteiger partial charge >= 0.3 is 12.1 Å². The van der Waals surface area contributed by atoms with E-state index in [0.717, 1.165) is 25.1 Å². The van der Waals surface area contributed by atoms with Gasteiger partial charge in [-0.25, -0.2) is 14.0 Å². The molecule has 1 N–H and O–H groups in total. The van der Waals surface area contributed by atoms with E-state index in [-0.39, 0.29) is 30.5 Å². The molecule has 0 bridgehead atoms. The summed E-state index contributed by atoms with van der Waals surface area (Å²) >= 11 is 3.23. The Morgan fingerprint density at radius 3 is 2.58 bits per heavy atom. The number of rotatable bonds is 5. The Bertz CT molecular complexity index is 939. The number of carbonyl (C=O) groups is 2. The fraction of sp³-hybridized carbons (Fsp3) is 0.391. The van der Waals surface area contributed by atoms with E-state index in [0.29, 0.717) is 29.4 Å². The van der Waals surface area contributed by atoms with Crippen molar-refractivity contribution in [3.63, 3.8) is 0 Å². The number of halogens is 2. The molecule has 2 fully saturated rings. The van der Waals surface area contributed by atoms with E-state index in [1.54, 1.807) is 28.0 Å². The Kier molecular flexibility index (Phi) is 6.75. The Balaban J connectivity index is 1.46. The zero-order chi connectivity index (χ0) is 21.8. The maximum absolute atomic E-state index is 14.6. The predicted molar refractivity (Wildman–Crippen MR) is 118 cm³/mol. The van der Waals surface area contributed by atoms with Crippen LogP contribution in [0.4, 0.5) is 14.0 Å². The van der Waals surface area contributed by atoms with Crippen LogP contribution in [0.15, 0.2) is 53.0 Å². The number of carbonyl (C=O) groups excluding carboxylic acids is 2. The zero-order valence-corrected chi connectivity index (χ0v) is 18.7. The minimum absolute atomic E-state index is 0.0476. The van der Waals surface area contributed by atoms with Crippen molar-refractivity contribution in [2.75, 3.05) is 19.6 Å². The molecule has 0 unspecified atom stereocenters. The Morgan fingerprint density at radius 1 is 1.10 bits per heavy atom. The largest absolute Gasteiger partial charge is 0.445 e. The molecule has 2 heterocycles. The second-order valence-corrected chi connectivity index (χ2v) is 8.76. The van der Waals surface area contributed by atoms with E-state index in [1.165, 1.54) is 0 Å². The second kappa shape index (κ2) is 9.68. The summed E-state index contributed by atoms with van der Waals surface area (Å²) in [5.74, 6) is -0.337. The molecule has 2 aromatic carbocycles. The molecule has 2 aliphatic rings. The molecule has 0 saturated carbocycles. The number of urea groups is 1. The molecule has 2 aliphatic heterocycles. The average Bonchev–Trinajstić information content (AvgIpc) is 3.11. The van der Waals surface area contributed by atoms with Gasteiger partial charge in [-0.2, -0.15) is 0 Å². The third-order valence-corrected chi connectivity index (χ3v) is 6.51. The molecule has 0 spiro atoms. The van der Waals surface area contributed by atoms with E-state index in [2.05, 4.69) is 21.2 Å². The lowest BCUT2D eigenvalue weighted by Gasteiger charge is -2.37. The first-order valence-electron chi connectivity index (χ1n) is 10.5. The molecule has 2 atom stereocenters. The third-order valence-electron chi connectivity index (χ3n) is 5.89. The van der Waals surface area contributed by atoms with E-state index in [9.17, 15) is 14.0 Å². The Labute approximate surface area is 189 Å². The number of likely N-dealkylation sites (tertiary alicyclic amines) is 2. The van der Waals surface area contributed by atoms with Crippen molar-refractivity contribution in [2.24, 2.45) is 0 Å². The monoisotopic (exact) mass is 489 g/mol. The smallest absolute Gasteiger partial charge is 0.407 e. The second-order valence-electron chi connectivity index (χ2n) is 7.90. The van der Waals surface area contributed by atoms with Crippen molar-refractivity contribution in [1.29, 1.82) is 0 Å². The van der Waals surface area contributed by atoms with E-state index >= 15 is 0 Å². The maximum atomic E-state index is 14.6. The molecule has 0 aliphatic carbocycles. The van der Waals surface area contributed by atoms with Crippen LogP contribution in [0.2, 0.25) is 0 Å². The van der Waals surface area contributed by atoms with Crippen LogP contribution in [0.1, 0.15) is 24.0 Å². The number of hydrogen-bond donors (Lipinski definition) is 1. The van der Waals surface area contributed by atoms with Crippen LogP contribution in [0.25, 0.3) is 0 Å². The summed E-state index contributed by atoms with van der Waals surface area (Å²) in [5.41, 5.74) is 1.40. The van der Waals surface area contributed by atoms with E-state index in [1.807, 2.05) is 30.3 Å². The molecule has 31 heavy (non-hydrogen) atoms. The lowest BCUT2D eigenvalue weighted by Crippen LogP contribution is -2.54. The highest BCUT2D eigenvalue weighted by Crippen LogP contribution is 2.28. The molecule has 3 amide bonds. The molecule has 6 nitrogen and oxygen atoms in total. The fourth-order valence-electron chi connectivity index (χ4n) is 4.05. The molecule has 0 aromatic heterocycles. The number of benzene rings is 2. The van der Waals surface area contributed by atoms with Gasteiger partial charge in [-0.15, -0.1) is 0 Å². The number of nitrogens with one attached hydrogen (secondary N) is 1. The SMILES string of the molecule is O=C(N[C@H]1CCN(C(=O)N2CCC2)[C@H]1Cc1cccc(Br)c1F)OCc1ccccc1. The Hall–Kier alpha value is -2.61. The van der Waals surface area contributed by atoms with Gasteiger partial charge < -0.3 is 19.9 Å². The van der Waals surface area contributed by atoms with Gasteiger partial charge in [0.2, 0.25) is 0 Å². The predicted octanol–water partition coefficient (Wildman–Crippen LogP) is 4.33. The lowest BCUT2D eigenvalue weighted by atomic mass is 9.99. The van der Waals surface area contributed by atoms with Crippen molar-refractivity contribution >= 4 is 28.1 Å². The van der Waals surface area contributed by atoms with Crippen molar-refractivity contribution in [3.05, 3.63) is 69.9 Å². The molecule has 0 radical (unpaired) electrons. The van der Waals surface area contributed by atoms with Crippen molar-refractivity contribution in [2.45, 2.75) is 38.0 Å². The van der Waals surface area contributed by atoms with Crippen LogP contribution in [0.3, 0.4) is 0 Å². The molecule has 2 saturated heterocycles. The van der Waals surface area contributed by atoms with Crippen LogP contribution < -0.4 is 5.32 Å². The molecular formula is C23H25BrFN3O3. The maximum Gasteiger partial charge on any atom is 0.407 e. The van der Waals surface area contributed by atoms with Crippen LogP contribution >= 0.6 is 15.9 Å². The highest BCUT2D eigenvalue weighted by atomic mass is 79.9. The van der Waals surface area contributed by atoms with Gasteiger partial charge in [0, 0.05) is 19.6 Å². The van der Waals surface area contributed by atoms with Gasteiger partial charge in [0.15, 0.2) is 0 Å². The minimum Gasteiger partial charge on any atom is -0.445 e. The van der Waals surface area contributed by atoms with Crippen molar-refractivity contribution in [3.8, 4) is 0 Å². The van der Waals surface area contributed by atoms with E-state index < -0.39 is 6.09 Å². The minimum atomic E-state index is -0.535. The van der Waals surface area contributed by atoms with Gasteiger partial charge in [-0.3, -0.25) is 0 Å². The number of hydrogen-bond acceptors (Lipinski definition) is 3. The molecule has 4 rings (SSSR count). The van der Waals surface area contributed by atoms with Crippen molar-refractivity contribution < 1.29 is 18.7 Å². The van der Waals surface area contributed by atoms with E-state index in [4.69, 9.17) is 4.74 Å². The standard InChI is InChI=1S/C23H25BrFN3O3/c24-18-9-4-8-17(21(18)25)14-20-19(10-13-28(20)23(30)27-11-5-12-27)26-22(29)31-15-16-6-2-1-3-7-16/h1-4,6-9,19-20H,5,10-15H2,(H,26,29)/t19-,20-/m0/s1. The van der Waals surface area contributed by atoms with Crippen LogP contribution in [-0.2, 0) is 17.8 Å². The number of alkyl carbamates (subject to hydrolysis) is 1. The summed E-state index contributed by atoms with van der Waals surface area (Å²) in [7, 11) is 0. The number of amides is 3. The van der Waals surface area contributed by atoms with Crippen LogP contribution in [-0.4, -0.2) is 53.6 Å². The fourth-order valence-corrected chi connectivity index (χ4v) is 4.46. The van der Waals surface area contributed by atoms with Gasteiger partial charge in [0.1, 0.15) is 12.4 Å². The summed E-state index contributed by atoms with van der Waals surface area (Å²) in [6, 6.07) is 13.9. The topological polar surface area (TPSA) is 61.9 Å². The van der Waals surface area contributed by atoms with Crippen LogP contribution in [0.5, 0.6) is 0 Å². The first-order chi connectivity index (χ1) is 15.0. The zero-order valence-electron chi connectivity index (χ0n) is 17.1. The summed E-state index contributed by atoms with van der Waals surface area (Å²) in [4.78, 5) is 28.9. The summed E-state index contributed by atoms with van der Waals surface area (Å²) < 4.78 is 20.4. The van der Waals surface area contributed by atoms with Gasteiger partial charge in [0.05, 0.1) is 16.6 Å². The third kappa shape index (κ3) is 5.01. The molecular weight excluding hydrogens is 465 g/mol. The van der Waals surface area contributed by atoms with Gasteiger partial charge in [-0.05, 0) is 52.4 Å². The quantitative estimate of drug-likeness (QED) is 0.679. The van der Waals surface area contributed by atoms with Crippen molar-refractivity contribution in [1.82, 2.24) is 15.1 Å². The number of nitrogens with zero attached hydrogens (tertiary/aromatic N) is 2. The number of ether oxygens (including phenoxy) is 1. The van der Waals surface area contributed by atoms with Crippen LogP contribution in [0, 0.1) is 5.82 Å². The molecule has 2 aromatic rings. The average molecular weight is 490 g/mol. The Morgan fingerprint density at radius 2 is 1.87 bits per heavy atom. The summed E-state index contributed by atoms with van der Waals surface area (Å²) in [6.07, 6.45) is 1.37. The molecule has 164 valence electrons. The normalized spacial score (nSPS) is 20.3. The first-order valence-corrected chi connectivity index (χ1v) is 11.3. The summed E-state index contributed by atoms with van der Waals surface area (Å²) in [6.45, 7) is 2.16.